The number of thioether (sulfide) groups is 1. The summed E-state index contributed by atoms with van der Waals surface area (Å²) < 4.78 is 12.8. The third-order valence-corrected chi connectivity index (χ3v) is 5.97. The summed E-state index contributed by atoms with van der Waals surface area (Å²) >= 11 is 1.26. The second kappa shape index (κ2) is 12.0. The van der Waals surface area contributed by atoms with Crippen LogP contribution in [0.2, 0.25) is 0 Å². The predicted molar refractivity (Wildman–Crippen MR) is 132 cm³/mol. The smallest absolute Gasteiger partial charge is 0.338 e. The zero-order chi connectivity index (χ0) is 24.5. The van der Waals surface area contributed by atoms with Gasteiger partial charge in [-0.25, -0.2) is 4.79 Å². The van der Waals surface area contributed by atoms with E-state index in [1.807, 2.05) is 36.6 Å². The van der Waals surface area contributed by atoms with Crippen molar-refractivity contribution in [2.75, 3.05) is 17.7 Å². The lowest BCUT2D eigenvalue weighted by Crippen LogP contribution is -2.15. The van der Waals surface area contributed by atoms with Crippen molar-refractivity contribution in [3.8, 4) is 5.75 Å². The number of esters is 1. The van der Waals surface area contributed by atoms with E-state index in [0.717, 1.165) is 16.9 Å². The average molecular weight is 481 g/mol. The maximum Gasteiger partial charge on any atom is 0.338 e. The van der Waals surface area contributed by atoms with Crippen LogP contribution in [0.25, 0.3) is 0 Å². The van der Waals surface area contributed by atoms with Crippen molar-refractivity contribution in [3.63, 3.8) is 0 Å². The summed E-state index contributed by atoms with van der Waals surface area (Å²) in [5, 5.41) is 11.9. The molecule has 34 heavy (non-hydrogen) atoms. The predicted octanol–water partition coefficient (Wildman–Crippen LogP) is 4.57. The minimum absolute atomic E-state index is 0.122. The molecule has 1 amide bonds. The molecule has 1 N–H and O–H groups in total. The molecule has 0 aliphatic heterocycles. The van der Waals surface area contributed by atoms with Crippen molar-refractivity contribution in [1.82, 2.24) is 14.8 Å². The van der Waals surface area contributed by atoms with Crippen LogP contribution in [0.5, 0.6) is 5.75 Å². The lowest BCUT2D eigenvalue weighted by Gasteiger charge is -2.12. The number of rotatable bonds is 11. The molecule has 0 atom stereocenters. The second-order valence-electron chi connectivity index (χ2n) is 7.42. The van der Waals surface area contributed by atoms with Crippen LogP contribution in [0.4, 0.5) is 5.69 Å². The van der Waals surface area contributed by atoms with Crippen molar-refractivity contribution in [2.45, 2.75) is 39.1 Å². The van der Waals surface area contributed by atoms with Gasteiger partial charge in [-0.3, -0.25) is 9.36 Å². The van der Waals surface area contributed by atoms with Crippen LogP contribution in [0, 0.1) is 13.8 Å². The molecule has 8 nitrogen and oxygen atoms in total. The van der Waals surface area contributed by atoms with Gasteiger partial charge in [0.25, 0.3) is 0 Å². The number of aryl methyl sites for hydroxylation is 1. The molecule has 0 saturated heterocycles. The Morgan fingerprint density at radius 3 is 2.74 bits per heavy atom. The Balaban J connectivity index is 1.62. The summed E-state index contributed by atoms with van der Waals surface area (Å²) in [6.07, 6.45) is 1.75. The molecule has 3 rings (SSSR count). The number of anilines is 1. The van der Waals surface area contributed by atoms with E-state index in [2.05, 4.69) is 22.1 Å². The Morgan fingerprint density at radius 1 is 1.18 bits per heavy atom. The molecule has 9 heteroatoms. The van der Waals surface area contributed by atoms with Gasteiger partial charge in [-0.05, 0) is 56.2 Å². The number of hydrogen-bond acceptors (Lipinski definition) is 7. The van der Waals surface area contributed by atoms with Crippen molar-refractivity contribution in [3.05, 3.63) is 77.6 Å². The van der Waals surface area contributed by atoms with Gasteiger partial charge in [0.2, 0.25) is 5.91 Å². The highest BCUT2D eigenvalue weighted by Crippen LogP contribution is 2.23. The van der Waals surface area contributed by atoms with Crippen LogP contribution in [0.15, 0.2) is 60.3 Å². The first-order chi connectivity index (χ1) is 16.4. The van der Waals surface area contributed by atoms with E-state index >= 15 is 0 Å². The van der Waals surface area contributed by atoms with Gasteiger partial charge in [-0.2, -0.15) is 0 Å². The third kappa shape index (κ3) is 6.48. The summed E-state index contributed by atoms with van der Waals surface area (Å²) in [4.78, 5) is 24.4. The number of carbonyl (C=O) groups is 2. The molecular weight excluding hydrogens is 452 g/mol. The van der Waals surface area contributed by atoms with Crippen LogP contribution in [-0.2, 0) is 22.7 Å². The molecule has 0 aliphatic rings. The zero-order valence-electron chi connectivity index (χ0n) is 19.5. The number of aromatic nitrogens is 3. The maximum absolute atomic E-state index is 12.5. The van der Waals surface area contributed by atoms with E-state index in [0.29, 0.717) is 28.8 Å². The van der Waals surface area contributed by atoms with Crippen molar-refractivity contribution >= 4 is 29.3 Å². The number of benzene rings is 2. The van der Waals surface area contributed by atoms with Gasteiger partial charge in [0, 0.05) is 12.2 Å². The maximum atomic E-state index is 12.5. The monoisotopic (exact) mass is 480 g/mol. The van der Waals surface area contributed by atoms with Crippen LogP contribution < -0.4 is 10.1 Å². The van der Waals surface area contributed by atoms with Gasteiger partial charge in [0.1, 0.15) is 12.4 Å². The lowest BCUT2D eigenvalue weighted by atomic mass is 10.1. The molecule has 0 unspecified atom stereocenters. The van der Waals surface area contributed by atoms with E-state index in [4.69, 9.17) is 9.47 Å². The summed E-state index contributed by atoms with van der Waals surface area (Å²) in [7, 11) is 0. The summed E-state index contributed by atoms with van der Waals surface area (Å²) in [6.45, 7) is 10.6. The number of amides is 1. The van der Waals surface area contributed by atoms with E-state index in [-0.39, 0.29) is 24.9 Å². The van der Waals surface area contributed by atoms with E-state index < -0.39 is 5.97 Å². The molecule has 0 bridgehead atoms. The quantitative estimate of drug-likeness (QED) is 0.244. The zero-order valence-corrected chi connectivity index (χ0v) is 20.4. The normalized spacial score (nSPS) is 10.6. The van der Waals surface area contributed by atoms with Crippen molar-refractivity contribution in [1.29, 1.82) is 0 Å². The van der Waals surface area contributed by atoms with Crippen LogP contribution in [-0.4, -0.2) is 39.0 Å². The van der Waals surface area contributed by atoms with Gasteiger partial charge in [-0.1, -0.05) is 36.0 Å². The molecular formula is C25H28N4O4S. The van der Waals surface area contributed by atoms with Crippen LogP contribution >= 0.6 is 11.8 Å². The fourth-order valence-corrected chi connectivity index (χ4v) is 3.90. The average Bonchev–Trinajstić information content (AvgIpc) is 3.20. The summed E-state index contributed by atoms with van der Waals surface area (Å²) in [5.74, 6) is 0.905. The molecule has 1 heterocycles. The molecule has 0 saturated carbocycles. The first-order valence-corrected chi connectivity index (χ1v) is 11.8. The molecule has 0 radical (unpaired) electrons. The largest absolute Gasteiger partial charge is 0.485 e. The number of ether oxygens (including phenoxy) is 2. The Labute approximate surface area is 203 Å². The standard InChI is InChI=1S/C25H28N4O4S/c1-5-13-29-22(15-33-21-12-7-9-17(3)18(21)4)27-28-25(29)34-16-23(30)26-20-11-8-10-19(14-20)24(31)32-6-2/h5,7-12,14H,1,6,13,15-16H2,2-4H3,(H,26,30). The Bertz CT molecular complexity index is 1180. The fourth-order valence-electron chi connectivity index (χ4n) is 3.13. The number of nitrogens with one attached hydrogen (secondary N) is 1. The highest BCUT2D eigenvalue weighted by Gasteiger charge is 2.15. The van der Waals surface area contributed by atoms with E-state index in [1.165, 1.54) is 11.8 Å². The van der Waals surface area contributed by atoms with Crippen LogP contribution in [0.3, 0.4) is 0 Å². The number of allylic oxidation sites excluding steroid dienone is 1. The Morgan fingerprint density at radius 2 is 1.97 bits per heavy atom. The minimum Gasteiger partial charge on any atom is -0.485 e. The number of hydrogen-bond donors (Lipinski definition) is 1. The first-order valence-electron chi connectivity index (χ1n) is 10.8. The molecule has 0 spiro atoms. The topological polar surface area (TPSA) is 95.3 Å². The third-order valence-electron chi connectivity index (χ3n) is 5.01. The van der Waals surface area contributed by atoms with Gasteiger partial charge < -0.3 is 14.8 Å². The number of nitrogens with zero attached hydrogens (tertiary/aromatic N) is 3. The van der Waals surface area contributed by atoms with Gasteiger partial charge >= 0.3 is 5.97 Å². The highest BCUT2D eigenvalue weighted by atomic mass is 32.2. The molecule has 3 aromatic rings. The molecule has 1 aromatic heterocycles. The van der Waals surface area contributed by atoms with Gasteiger partial charge in [-0.15, -0.1) is 16.8 Å². The fraction of sp³-hybridized carbons (Fsp3) is 0.280. The first kappa shape index (κ1) is 25.0. The molecule has 0 aliphatic carbocycles. The SMILES string of the molecule is C=CCn1c(COc2cccc(C)c2C)nnc1SCC(=O)Nc1cccc(C(=O)OCC)c1. The van der Waals surface area contributed by atoms with Gasteiger partial charge in [0.15, 0.2) is 11.0 Å². The van der Waals surface area contributed by atoms with Crippen molar-refractivity contribution in [2.24, 2.45) is 0 Å². The van der Waals surface area contributed by atoms with Crippen molar-refractivity contribution < 1.29 is 19.1 Å². The van der Waals surface area contributed by atoms with Gasteiger partial charge in [0.05, 0.1) is 17.9 Å². The molecule has 2 aromatic carbocycles. The Hall–Kier alpha value is -3.59. The number of carbonyl (C=O) groups excluding carboxylic acids is 2. The second-order valence-corrected chi connectivity index (χ2v) is 8.37. The molecule has 0 fully saturated rings. The summed E-state index contributed by atoms with van der Waals surface area (Å²) in [6, 6.07) is 12.6. The van der Waals surface area contributed by atoms with E-state index in [1.54, 1.807) is 37.3 Å². The highest BCUT2D eigenvalue weighted by molar-refractivity contribution is 7.99. The van der Waals surface area contributed by atoms with Crippen LogP contribution in [0.1, 0.15) is 34.2 Å². The summed E-state index contributed by atoms with van der Waals surface area (Å²) in [5.41, 5.74) is 3.13. The molecule has 178 valence electrons. The minimum atomic E-state index is -0.430. The van der Waals surface area contributed by atoms with E-state index in [9.17, 15) is 9.59 Å². The Kier molecular flexibility index (Phi) is 8.86. The lowest BCUT2D eigenvalue weighted by molar-refractivity contribution is -0.113.